The average molecular weight is 275 g/mol. The second-order valence-corrected chi connectivity index (χ2v) is 5.28. The van der Waals surface area contributed by atoms with E-state index in [1.807, 2.05) is 31.2 Å². The van der Waals surface area contributed by atoms with Crippen LogP contribution in [0.15, 0.2) is 30.3 Å². The molecular formula is C16H21NO3. The van der Waals surface area contributed by atoms with Crippen LogP contribution in [0.25, 0.3) is 6.08 Å². The molecule has 0 aromatic heterocycles. The first-order valence-electron chi connectivity index (χ1n) is 6.89. The van der Waals surface area contributed by atoms with Gasteiger partial charge in [-0.1, -0.05) is 29.8 Å². The zero-order valence-corrected chi connectivity index (χ0v) is 11.8. The van der Waals surface area contributed by atoms with Crippen LogP contribution in [0.5, 0.6) is 0 Å². The van der Waals surface area contributed by atoms with E-state index in [0.717, 1.165) is 5.56 Å². The summed E-state index contributed by atoms with van der Waals surface area (Å²) in [5.41, 5.74) is 1.64. The first kappa shape index (κ1) is 14.8. The maximum atomic E-state index is 12.0. The lowest BCUT2D eigenvalue weighted by Crippen LogP contribution is -2.54. The molecule has 1 fully saturated rings. The SMILES string of the molecule is Cc1ccc(/C=C/C(=O)NC2(CO)CCOCC2)cc1. The number of amides is 1. The van der Waals surface area contributed by atoms with E-state index in [1.54, 1.807) is 6.08 Å². The Morgan fingerprint density at radius 1 is 1.35 bits per heavy atom. The summed E-state index contributed by atoms with van der Waals surface area (Å²) >= 11 is 0. The van der Waals surface area contributed by atoms with Gasteiger partial charge in [0.05, 0.1) is 12.1 Å². The molecule has 1 aliphatic rings. The Labute approximate surface area is 119 Å². The molecule has 1 aliphatic heterocycles. The Kier molecular flexibility index (Phi) is 4.93. The van der Waals surface area contributed by atoms with Gasteiger partial charge < -0.3 is 15.2 Å². The van der Waals surface area contributed by atoms with Crippen molar-refractivity contribution in [1.29, 1.82) is 0 Å². The lowest BCUT2D eigenvalue weighted by Gasteiger charge is -2.35. The largest absolute Gasteiger partial charge is 0.394 e. The van der Waals surface area contributed by atoms with Crippen LogP contribution in [0.2, 0.25) is 0 Å². The first-order valence-corrected chi connectivity index (χ1v) is 6.89. The normalized spacial score (nSPS) is 18.1. The highest BCUT2D eigenvalue weighted by atomic mass is 16.5. The lowest BCUT2D eigenvalue weighted by molar-refractivity contribution is -0.120. The summed E-state index contributed by atoms with van der Waals surface area (Å²) in [5, 5.41) is 12.4. The third-order valence-electron chi connectivity index (χ3n) is 3.65. The number of benzene rings is 1. The molecule has 0 radical (unpaired) electrons. The number of hydrogen-bond acceptors (Lipinski definition) is 3. The molecule has 2 rings (SSSR count). The zero-order chi connectivity index (χ0) is 14.4. The van der Waals surface area contributed by atoms with Crippen molar-refractivity contribution < 1.29 is 14.6 Å². The van der Waals surface area contributed by atoms with E-state index in [9.17, 15) is 9.90 Å². The van der Waals surface area contributed by atoms with Crippen LogP contribution >= 0.6 is 0 Å². The van der Waals surface area contributed by atoms with Gasteiger partial charge in [-0.25, -0.2) is 0 Å². The Morgan fingerprint density at radius 2 is 2.00 bits per heavy atom. The van der Waals surface area contributed by atoms with Crippen LogP contribution in [0.4, 0.5) is 0 Å². The van der Waals surface area contributed by atoms with Crippen molar-refractivity contribution in [3.05, 3.63) is 41.5 Å². The van der Waals surface area contributed by atoms with E-state index in [1.165, 1.54) is 11.6 Å². The molecule has 1 amide bonds. The number of carbonyl (C=O) groups excluding carboxylic acids is 1. The molecule has 2 N–H and O–H groups in total. The maximum Gasteiger partial charge on any atom is 0.244 e. The predicted octanol–water partition coefficient (Wildman–Crippen LogP) is 1.67. The molecule has 0 spiro atoms. The number of rotatable bonds is 4. The number of aryl methyl sites for hydroxylation is 1. The minimum absolute atomic E-state index is 0.0551. The third kappa shape index (κ3) is 3.92. The second-order valence-electron chi connectivity index (χ2n) is 5.28. The molecule has 4 nitrogen and oxygen atoms in total. The van der Waals surface area contributed by atoms with Gasteiger partial charge in [0.2, 0.25) is 5.91 Å². The highest BCUT2D eigenvalue weighted by molar-refractivity contribution is 5.92. The van der Waals surface area contributed by atoms with Crippen molar-refractivity contribution in [2.24, 2.45) is 0 Å². The van der Waals surface area contributed by atoms with Crippen molar-refractivity contribution in [3.8, 4) is 0 Å². The van der Waals surface area contributed by atoms with E-state index in [4.69, 9.17) is 4.74 Å². The summed E-state index contributed by atoms with van der Waals surface area (Å²) in [5.74, 6) is -0.179. The van der Waals surface area contributed by atoms with Crippen LogP contribution in [-0.4, -0.2) is 36.4 Å². The topological polar surface area (TPSA) is 58.6 Å². The summed E-state index contributed by atoms with van der Waals surface area (Å²) in [6.45, 7) is 3.11. The molecule has 4 heteroatoms. The number of nitrogens with one attached hydrogen (secondary N) is 1. The monoisotopic (exact) mass is 275 g/mol. The molecule has 20 heavy (non-hydrogen) atoms. The van der Waals surface area contributed by atoms with Gasteiger partial charge in [0.15, 0.2) is 0 Å². The lowest BCUT2D eigenvalue weighted by atomic mass is 9.91. The van der Waals surface area contributed by atoms with Gasteiger partial charge in [-0.05, 0) is 31.4 Å². The van der Waals surface area contributed by atoms with E-state index < -0.39 is 5.54 Å². The molecular weight excluding hydrogens is 254 g/mol. The summed E-state index contributed by atoms with van der Waals surface area (Å²) in [7, 11) is 0. The fourth-order valence-corrected chi connectivity index (χ4v) is 2.24. The smallest absolute Gasteiger partial charge is 0.244 e. The number of carbonyl (C=O) groups is 1. The minimum Gasteiger partial charge on any atom is -0.394 e. The fourth-order valence-electron chi connectivity index (χ4n) is 2.24. The summed E-state index contributed by atoms with van der Waals surface area (Å²) in [4.78, 5) is 12.0. The number of aliphatic hydroxyl groups is 1. The Morgan fingerprint density at radius 3 is 2.60 bits per heavy atom. The Hall–Kier alpha value is -1.65. The van der Waals surface area contributed by atoms with Gasteiger partial charge in [0.1, 0.15) is 0 Å². The zero-order valence-electron chi connectivity index (χ0n) is 11.8. The van der Waals surface area contributed by atoms with E-state index in [2.05, 4.69) is 5.32 Å². The maximum absolute atomic E-state index is 12.0. The Bertz CT molecular complexity index is 473. The van der Waals surface area contributed by atoms with Crippen LogP contribution in [0.3, 0.4) is 0 Å². The molecule has 0 aliphatic carbocycles. The van der Waals surface area contributed by atoms with Gasteiger partial charge >= 0.3 is 0 Å². The number of ether oxygens (including phenoxy) is 1. The molecule has 0 saturated carbocycles. The first-order chi connectivity index (χ1) is 9.63. The van der Waals surface area contributed by atoms with Crippen molar-refractivity contribution in [1.82, 2.24) is 5.32 Å². The molecule has 1 aromatic rings. The van der Waals surface area contributed by atoms with Crippen LogP contribution in [0.1, 0.15) is 24.0 Å². The van der Waals surface area contributed by atoms with E-state index >= 15 is 0 Å². The van der Waals surface area contributed by atoms with E-state index in [-0.39, 0.29) is 12.5 Å². The molecule has 1 heterocycles. The number of aliphatic hydroxyl groups excluding tert-OH is 1. The van der Waals surface area contributed by atoms with E-state index in [0.29, 0.717) is 26.1 Å². The summed E-state index contributed by atoms with van der Waals surface area (Å²) in [6.07, 6.45) is 4.58. The quantitative estimate of drug-likeness (QED) is 0.822. The molecule has 108 valence electrons. The summed E-state index contributed by atoms with van der Waals surface area (Å²) < 4.78 is 5.27. The average Bonchev–Trinajstić information content (AvgIpc) is 2.47. The minimum atomic E-state index is -0.535. The van der Waals surface area contributed by atoms with Crippen LogP contribution in [0, 0.1) is 6.92 Å². The second kappa shape index (κ2) is 6.68. The highest BCUT2D eigenvalue weighted by Crippen LogP contribution is 2.20. The van der Waals surface area contributed by atoms with Gasteiger partial charge in [-0.3, -0.25) is 4.79 Å². The van der Waals surface area contributed by atoms with Crippen LogP contribution < -0.4 is 5.32 Å². The van der Waals surface area contributed by atoms with Gasteiger partial charge in [-0.2, -0.15) is 0 Å². The Balaban J connectivity index is 1.95. The van der Waals surface area contributed by atoms with Crippen molar-refractivity contribution in [3.63, 3.8) is 0 Å². The van der Waals surface area contributed by atoms with Crippen molar-refractivity contribution >= 4 is 12.0 Å². The molecule has 0 unspecified atom stereocenters. The van der Waals surface area contributed by atoms with Crippen molar-refractivity contribution in [2.45, 2.75) is 25.3 Å². The number of hydrogen-bond donors (Lipinski definition) is 2. The molecule has 1 aromatic carbocycles. The highest BCUT2D eigenvalue weighted by Gasteiger charge is 2.32. The van der Waals surface area contributed by atoms with Gasteiger partial charge in [0.25, 0.3) is 0 Å². The van der Waals surface area contributed by atoms with Gasteiger partial charge in [0, 0.05) is 19.3 Å². The summed E-state index contributed by atoms with van der Waals surface area (Å²) in [6, 6.07) is 7.95. The molecule has 0 bridgehead atoms. The fraction of sp³-hybridized carbons (Fsp3) is 0.438. The standard InChI is InChI=1S/C16H21NO3/c1-13-2-4-14(5-3-13)6-7-15(19)17-16(12-18)8-10-20-11-9-16/h2-7,18H,8-12H2,1H3,(H,17,19)/b7-6+. The third-order valence-corrected chi connectivity index (χ3v) is 3.65. The van der Waals surface area contributed by atoms with Crippen LogP contribution in [-0.2, 0) is 9.53 Å². The molecule has 1 saturated heterocycles. The molecule has 0 atom stereocenters. The predicted molar refractivity (Wildman–Crippen MR) is 78.2 cm³/mol. The van der Waals surface area contributed by atoms with Crippen molar-refractivity contribution in [2.75, 3.05) is 19.8 Å². The van der Waals surface area contributed by atoms with Gasteiger partial charge in [-0.15, -0.1) is 0 Å².